The van der Waals surface area contributed by atoms with Crippen LogP contribution >= 0.6 is 0 Å². The molecule has 29 heavy (non-hydrogen) atoms. The summed E-state index contributed by atoms with van der Waals surface area (Å²) in [7, 11) is 3.41. The molecule has 150 valence electrons. The molecule has 0 unspecified atom stereocenters. The fraction of sp³-hybridized carbons (Fsp3) is 0.292. The maximum atomic E-state index is 13.2. The van der Waals surface area contributed by atoms with Crippen LogP contribution in [0.15, 0.2) is 60.7 Å². The molecular formula is C24H26N2O3. The van der Waals surface area contributed by atoms with Crippen molar-refractivity contribution in [2.75, 3.05) is 38.7 Å². The summed E-state index contributed by atoms with van der Waals surface area (Å²) in [4.78, 5) is 17.2. The summed E-state index contributed by atoms with van der Waals surface area (Å²) in [5.74, 6) is 1.39. The molecule has 5 nitrogen and oxygen atoms in total. The number of hydrogen-bond donors (Lipinski definition) is 0. The lowest BCUT2D eigenvalue weighted by Gasteiger charge is -2.37. The minimum atomic E-state index is -0.0924. The molecule has 0 saturated heterocycles. The van der Waals surface area contributed by atoms with E-state index in [2.05, 4.69) is 17.9 Å². The predicted octanol–water partition coefficient (Wildman–Crippen LogP) is 4.21. The van der Waals surface area contributed by atoms with E-state index in [-0.39, 0.29) is 12.0 Å². The lowest BCUT2D eigenvalue weighted by Crippen LogP contribution is -2.46. The molecule has 1 heterocycles. The van der Waals surface area contributed by atoms with Crippen molar-refractivity contribution in [3.05, 3.63) is 66.2 Å². The zero-order valence-electron chi connectivity index (χ0n) is 17.1. The highest BCUT2D eigenvalue weighted by Gasteiger charge is 2.27. The first-order valence-electron chi connectivity index (χ1n) is 9.93. The molecule has 1 atom stereocenters. The Balaban J connectivity index is 1.55. The van der Waals surface area contributed by atoms with Gasteiger partial charge in [0, 0.05) is 13.6 Å². The van der Waals surface area contributed by atoms with E-state index in [1.165, 1.54) is 0 Å². The van der Waals surface area contributed by atoms with E-state index in [0.717, 1.165) is 35.3 Å². The molecule has 5 heteroatoms. The number of amides is 1. The van der Waals surface area contributed by atoms with Crippen LogP contribution in [0.4, 0.5) is 5.69 Å². The van der Waals surface area contributed by atoms with Gasteiger partial charge in [-0.25, -0.2) is 0 Å². The van der Waals surface area contributed by atoms with Gasteiger partial charge in [0.2, 0.25) is 0 Å². The van der Waals surface area contributed by atoms with Crippen molar-refractivity contribution < 1.29 is 14.3 Å². The normalized spacial score (nSPS) is 15.6. The molecule has 0 fully saturated rings. The van der Waals surface area contributed by atoms with Crippen LogP contribution in [0.5, 0.6) is 11.5 Å². The second-order valence-electron chi connectivity index (χ2n) is 7.33. The molecule has 0 N–H and O–H groups in total. The molecule has 1 aliphatic rings. The quantitative estimate of drug-likeness (QED) is 0.655. The molecule has 0 spiro atoms. The largest absolute Gasteiger partial charge is 0.496 e. The highest BCUT2D eigenvalue weighted by Crippen LogP contribution is 2.33. The molecule has 1 aliphatic heterocycles. The summed E-state index contributed by atoms with van der Waals surface area (Å²) < 4.78 is 11.7. The fourth-order valence-corrected chi connectivity index (χ4v) is 3.92. The second kappa shape index (κ2) is 8.03. The molecule has 3 aromatic rings. The van der Waals surface area contributed by atoms with Crippen LogP contribution in [-0.4, -0.2) is 50.7 Å². The number of benzene rings is 3. The molecule has 0 aliphatic carbocycles. The summed E-state index contributed by atoms with van der Waals surface area (Å²) in [5, 5.41) is 2.07. The van der Waals surface area contributed by atoms with Gasteiger partial charge >= 0.3 is 0 Å². The van der Waals surface area contributed by atoms with Gasteiger partial charge in [-0.1, -0.05) is 36.4 Å². The zero-order valence-corrected chi connectivity index (χ0v) is 17.1. The van der Waals surface area contributed by atoms with E-state index < -0.39 is 0 Å². The van der Waals surface area contributed by atoms with Crippen molar-refractivity contribution in [1.82, 2.24) is 4.90 Å². The third-order valence-electron chi connectivity index (χ3n) is 5.43. The molecule has 0 saturated carbocycles. The van der Waals surface area contributed by atoms with E-state index in [0.29, 0.717) is 17.9 Å². The smallest absolute Gasteiger partial charge is 0.257 e. The topological polar surface area (TPSA) is 42.0 Å². The number of anilines is 1. The first-order chi connectivity index (χ1) is 14.1. The SMILES string of the molecule is CCN1C[C@H](CN(C)C(=O)c2cc3ccccc3cc2OC)Oc2ccccc21. The zero-order chi connectivity index (χ0) is 20.4. The number of fused-ring (bicyclic) bond motifs is 2. The van der Waals surface area contributed by atoms with Gasteiger partial charge in [0.25, 0.3) is 5.91 Å². The third kappa shape index (κ3) is 3.73. The second-order valence-corrected chi connectivity index (χ2v) is 7.33. The summed E-state index contributed by atoms with van der Waals surface area (Å²) in [6.07, 6.45) is -0.0924. The number of hydrogen-bond acceptors (Lipinski definition) is 4. The summed E-state index contributed by atoms with van der Waals surface area (Å²) >= 11 is 0. The summed E-state index contributed by atoms with van der Waals surface area (Å²) in [6.45, 7) is 4.28. The highest BCUT2D eigenvalue weighted by atomic mass is 16.5. The van der Waals surface area contributed by atoms with Gasteiger partial charge in [-0.2, -0.15) is 0 Å². The Labute approximate surface area is 171 Å². The van der Waals surface area contributed by atoms with Crippen LogP contribution < -0.4 is 14.4 Å². The van der Waals surface area contributed by atoms with Crippen LogP contribution in [0.2, 0.25) is 0 Å². The average Bonchev–Trinajstić information content (AvgIpc) is 2.76. The minimum Gasteiger partial charge on any atom is -0.496 e. The van der Waals surface area contributed by atoms with Crippen LogP contribution in [0.3, 0.4) is 0 Å². The van der Waals surface area contributed by atoms with Gasteiger partial charge in [-0.05, 0) is 42.0 Å². The Morgan fingerprint density at radius 2 is 1.83 bits per heavy atom. The van der Waals surface area contributed by atoms with Gasteiger partial charge in [0.1, 0.15) is 17.6 Å². The Kier molecular flexibility index (Phi) is 5.30. The molecule has 3 aromatic carbocycles. The molecule has 0 aromatic heterocycles. The van der Waals surface area contributed by atoms with Crippen molar-refractivity contribution in [1.29, 1.82) is 0 Å². The van der Waals surface area contributed by atoms with Gasteiger partial charge in [-0.15, -0.1) is 0 Å². The number of para-hydroxylation sites is 2. The monoisotopic (exact) mass is 390 g/mol. The fourth-order valence-electron chi connectivity index (χ4n) is 3.92. The van der Waals surface area contributed by atoms with Crippen molar-refractivity contribution in [3.63, 3.8) is 0 Å². The standard InChI is InChI=1S/C24H26N2O3/c1-4-26-16-19(29-22-12-8-7-11-21(22)26)15-25(2)24(27)20-13-17-9-5-6-10-18(17)14-23(20)28-3/h5-14,19H,4,15-16H2,1-3H3/t19-/m0/s1. The number of ether oxygens (including phenoxy) is 2. The number of methoxy groups -OCH3 is 1. The van der Waals surface area contributed by atoms with E-state index in [4.69, 9.17) is 9.47 Å². The van der Waals surface area contributed by atoms with Crippen LogP contribution in [-0.2, 0) is 0 Å². The average molecular weight is 390 g/mol. The van der Waals surface area contributed by atoms with Gasteiger partial charge in [0.15, 0.2) is 0 Å². The van der Waals surface area contributed by atoms with Crippen molar-refractivity contribution in [2.45, 2.75) is 13.0 Å². The van der Waals surface area contributed by atoms with E-state index in [1.807, 2.05) is 61.6 Å². The lowest BCUT2D eigenvalue weighted by molar-refractivity contribution is 0.0706. The maximum Gasteiger partial charge on any atom is 0.257 e. The molecular weight excluding hydrogens is 364 g/mol. The van der Waals surface area contributed by atoms with Crippen LogP contribution in [0.1, 0.15) is 17.3 Å². The molecule has 0 bridgehead atoms. The van der Waals surface area contributed by atoms with E-state index >= 15 is 0 Å². The first kappa shape index (κ1) is 19.1. The Morgan fingerprint density at radius 1 is 1.14 bits per heavy atom. The summed E-state index contributed by atoms with van der Waals surface area (Å²) in [5.41, 5.74) is 1.67. The molecule has 4 rings (SSSR count). The van der Waals surface area contributed by atoms with Gasteiger partial charge < -0.3 is 19.3 Å². The first-order valence-corrected chi connectivity index (χ1v) is 9.93. The third-order valence-corrected chi connectivity index (χ3v) is 5.43. The number of likely N-dealkylation sites (N-methyl/N-ethyl adjacent to an activating group) is 2. The Bertz CT molecular complexity index is 1030. The van der Waals surface area contributed by atoms with Crippen molar-refractivity contribution >= 4 is 22.4 Å². The molecule has 0 radical (unpaired) electrons. The predicted molar refractivity (Wildman–Crippen MR) is 116 cm³/mol. The molecule has 1 amide bonds. The van der Waals surface area contributed by atoms with E-state index in [9.17, 15) is 4.79 Å². The Morgan fingerprint density at radius 3 is 2.55 bits per heavy atom. The van der Waals surface area contributed by atoms with Crippen molar-refractivity contribution in [2.24, 2.45) is 0 Å². The number of nitrogens with zero attached hydrogens (tertiary/aromatic N) is 2. The number of carbonyl (C=O) groups excluding carboxylic acids is 1. The van der Waals surface area contributed by atoms with E-state index in [1.54, 1.807) is 12.0 Å². The van der Waals surface area contributed by atoms with Crippen LogP contribution in [0.25, 0.3) is 10.8 Å². The van der Waals surface area contributed by atoms with Crippen LogP contribution in [0, 0.1) is 0 Å². The van der Waals surface area contributed by atoms with Gasteiger partial charge in [0.05, 0.1) is 31.5 Å². The minimum absolute atomic E-state index is 0.0712. The lowest BCUT2D eigenvalue weighted by atomic mass is 10.0. The van der Waals surface area contributed by atoms with Crippen molar-refractivity contribution in [3.8, 4) is 11.5 Å². The number of rotatable bonds is 5. The number of carbonyl (C=O) groups is 1. The maximum absolute atomic E-state index is 13.2. The summed E-state index contributed by atoms with van der Waals surface area (Å²) in [6, 6.07) is 19.9. The van der Waals surface area contributed by atoms with Gasteiger partial charge in [-0.3, -0.25) is 4.79 Å². The highest BCUT2D eigenvalue weighted by molar-refractivity contribution is 6.01. The Hall–Kier alpha value is -3.21.